The number of rotatable bonds is 3. The Morgan fingerprint density at radius 2 is 1.06 bits per heavy atom. The van der Waals surface area contributed by atoms with Crippen molar-refractivity contribution in [2.24, 2.45) is 0 Å². The summed E-state index contributed by atoms with van der Waals surface area (Å²) >= 11 is 2.84. The summed E-state index contributed by atoms with van der Waals surface area (Å²) in [6, 6.07) is 12.7. The highest BCUT2D eigenvalue weighted by Crippen LogP contribution is 2.41. The molecule has 0 spiro atoms. The van der Waals surface area contributed by atoms with Gasteiger partial charge in [-0.25, -0.2) is 0 Å². The highest BCUT2D eigenvalue weighted by molar-refractivity contribution is 7.98. The van der Waals surface area contributed by atoms with Gasteiger partial charge in [0.15, 0.2) is 0 Å². The Kier molecular flexibility index (Phi) is 6.44. The van der Waals surface area contributed by atoms with Gasteiger partial charge in [0.05, 0.1) is 0 Å². The maximum absolute atomic E-state index is 15.1. The van der Waals surface area contributed by atoms with Crippen LogP contribution in [0.25, 0.3) is 0 Å². The van der Waals surface area contributed by atoms with Crippen LogP contribution >= 0.6 is 23.5 Å². The quantitative estimate of drug-likeness (QED) is 0.586. The third-order valence-electron chi connectivity index (χ3n) is 5.42. The minimum atomic E-state index is -5.21. The van der Waals surface area contributed by atoms with E-state index in [0.29, 0.717) is 43.9 Å². The van der Waals surface area contributed by atoms with Crippen LogP contribution in [0.15, 0.2) is 48.5 Å². The standard InChI is InChI=1S/C22H20F4N2O2S2/c23-21(24,19(29)27-9-11-31-13-15-5-1-3-7-17(15)27)22(25,26)20(30)28-10-12-32-14-16-6-2-4-8-18(16)28/h1-8H,9-14H2. The van der Waals surface area contributed by atoms with Crippen LogP contribution in [0, 0.1) is 0 Å². The summed E-state index contributed by atoms with van der Waals surface area (Å²) in [5.41, 5.74) is 1.54. The average Bonchev–Trinajstić information content (AvgIpc) is 3.14. The number of fused-ring (bicyclic) bond motifs is 2. The van der Waals surface area contributed by atoms with Gasteiger partial charge in [0.2, 0.25) is 0 Å². The molecule has 2 aromatic carbocycles. The van der Waals surface area contributed by atoms with Gasteiger partial charge in [-0.2, -0.15) is 41.1 Å². The van der Waals surface area contributed by atoms with Gasteiger partial charge in [0, 0.05) is 47.5 Å². The van der Waals surface area contributed by atoms with E-state index in [1.165, 1.54) is 35.7 Å². The highest BCUT2D eigenvalue weighted by atomic mass is 32.2. The fourth-order valence-electron chi connectivity index (χ4n) is 3.74. The van der Waals surface area contributed by atoms with Crippen LogP contribution in [0.4, 0.5) is 28.9 Å². The first-order chi connectivity index (χ1) is 15.2. The number of amides is 2. The van der Waals surface area contributed by atoms with E-state index >= 15 is 17.6 Å². The molecule has 2 aliphatic heterocycles. The van der Waals surface area contributed by atoms with E-state index in [4.69, 9.17) is 0 Å². The summed E-state index contributed by atoms with van der Waals surface area (Å²) in [5.74, 6) is -13.0. The molecular formula is C22H20F4N2O2S2. The van der Waals surface area contributed by atoms with Crippen molar-refractivity contribution in [3.8, 4) is 0 Å². The first-order valence-corrected chi connectivity index (χ1v) is 12.3. The number of hydrogen-bond donors (Lipinski definition) is 0. The topological polar surface area (TPSA) is 40.6 Å². The van der Waals surface area contributed by atoms with Crippen molar-refractivity contribution < 1.29 is 27.2 Å². The van der Waals surface area contributed by atoms with E-state index in [0.717, 1.165) is 0 Å². The molecule has 170 valence electrons. The predicted octanol–water partition coefficient (Wildman–Crippen LogP) is 4.82. The molecule has 32 heavy (non-hydrogen) atoms. The highest BCUT2D eigenvalue weighted by Gasteiger charge is 2.69. The van der Waals surface area contributed by atoms with Crippen molar-refractivity contribution >= 4 is 46.7 Å². The third-order valence-corrected chi connectivity index (χ3v) is 7.39. The molecular weight excluding hydrogens is 464 g/mol. The molecule has 2 aliphatic rings. The number of alkyl halides is 4. The van der Waals surface area contributed by atoms with Crippen molar-refractivity contribution in [3.05, 3.63) is 59.7 Å². The van der Waals surface area contributed by atoms with Crippen molar-refractivity contribution in [3.63, 3.8) is 0 Å². The maximum Gasteiger partial charge on any atom is 0.396 e. The molecule has 0 unspecified atom stereocenters. The zero-order chi connectivity index (χ0) is 22.9. The zero-order valence-electron chi connectivity index (χ0n) is 16.9. The van der Waals surface area contributed by atoms with Crippen LogP contribution in [0.5, 0.6) is 0 Å². The molecule has 0 saturated heterocycles. The van der Waals surface area contributed by atoms with Crippen molar-refractivity contribution in [1.29, 1.82) is 0 Å². The van der Waals surface area contributed by atoms with Crippen LogP contribution in [-0.4, -0.2) is 48.3 Å². The van der Waals surface area contributed by atoms with Crippen LogP contribution in [0.2, 0.25) is 0 Å². The van der Waals surface area contributed by atoms with Gasteiger partial charge in [-0.15, -0.1) is 0 Å². The van der Waals surface area contributed by atoms with Gasteiger partial charge >= 0.3 is 23.7 Å². The van der Waals surface area contributed by atoms with Gasteiger partial charge < -0.3 is 9.80 Å². The number of nitrogens with zero attached hydrogens (tertiary/aromatic N) is 2. The lowest BCUT2D eigenvalue weighted by Gasteiger charge is -2.33. The fourth-order valence-corrected chi connectivity index (χ4v) is 5.58. The van der Waals surface area contributed by atoms with E-state index in [2.05, 4.69) is 0 Å². The van der Waals surface area contributed by atoms with E-state index in [9.17, 15) is 9.59 Å². The van der Waals surface area contributed by atoms with Gasteiger partial charge in [-0.1, -0.05) is 36.4 Å². The normalized spacial score (nSPS) is 17.1. The zero-order valence-corrected chi connectivity index (χ0v) is 18.5. The lowest BCUT2D eigenvalue weighted by molar-refractivity contribution is -0.207. The summed E-state index contributed by atoms with van der Waals surface area (Å²) in [4.78, 5) is 27.0. The summed E-state index contributed by atoms with van der Waals surface area (Å²) in [6.07, 6.45) is 0. The van der Waals surface area contributed by atoms with E-state index in [1.54, 1.807) is 36.4 Å². The van der Waals surface area contributed by atoms with Crippen LogP contribution in [-0.2, 0) is 21.1 Å². The molecule has 0 bridgehead atoms. The lowest BCUT2D eigenvalue weighted by atomic mass is 10.1. The Bertz CT molecular complexity index is 953. The predicted molar refractivity (Wildman–Crippen MR) is 120 cm³/mol. The molecule has 2 amide bonds. The third kappa shape index (κ3) is 3.98. The van der Waals surface area contributed by atoms with Gasteiger partial charge in [-0.3, -0.25) is 9.59 Å². The number of benzene rings is 2. The van der Waals surface area contributed by atoms with Crippen LogP contribution < -0.4 is 9.80 Å². The number of hydrogen-bond acceptors (Lipinski definition) is 4. The van der Waals surface area contributed by atoms with Gasteiger partial charge in [0.1, 0.15) is 0 Å². The molecule has 2 aromatic rings. The first-order valence-electron chi connectivity index (χ1n) is 9.96. The summed E-state index contributed by atoms with van der Waals surface area (Å²) < 4.78 is 60.4. The second kappa shape index (κ2) is 8.97. The smallest absolute Gasteiger partial charge is 0.306 e. The van der Waals surface area contributed by atoms with Crippen molar-refractivity contribution in [2.45, 2.75) is 23.4 Å². The Hall–Kier alpha value is -2.20. The monoisotopic (exact) mass is 484 g/mol. The van der Waals surface area contributed by atoms with Gasteiger partial charge in [0.25, 0.3) is 0 Å². The molecule has 0 radical (unpaired) electrons. The molecule has 4 rings (SSSR count). The van der Waals surface area contributed by atoms with Crippen molar-refractivity contribution in [2.75, 3.05) is 34.4 Å². The van der Waals surface area contributed by atoms with E-state index < -0.39 is 23.7 Å². The fraction of sp³-hybridized carbons (Fsp3) is 0.364. The molecule has 0 fully saturated rings. The van der Waals surface area contributed by atoms with Gasteiger partial charge in [-0.05, 0) is 23.3 Å². The maximum atomic E-state index is 15.1. The number of para-hydroxylation sites is 2. The Morgan fingerprint density at radius 3 is 1.47 bits per heavy atom. The molecule has 0 atom stereocenters. The van der Waals surface area contributed by atoms with Crippen molar-refractivity contribution in [1.82, 2.24) is 0 Å². The largest absolute Gasteiger partial charge is 0.396 e. The number of thioether (sulfide) groups is 2. The second-order valence-electron chi connectivity index (χ2n) is 7.42. The number of carbonyl (C=O) groups is 2. The first kappa shape index (κ1) is 23.0. The Morgan fingerprint density at radius 1 is 0.688 bits per heavy atom. The van der Waals surface area contributed by atoms with Crippen LogP contribution in [0.1, 0.15) is 11.1 Å². The lowest BCUT2D eigenvalue weighted by Crippen LogP contribution is -2.61. The van der Waals surface area contributed by atoms with Crippen LogP contribution in [0.3, 0.4) is 0 Å². The minimum absolute atomic E-state index is 0.149. The second-order valence-corrected chi connectivity index (χ2v) is 9.64. The average molecular weight is 485 g/mol. The summed E-state index contributed by atoms with van der Waals surface area (Å²) in [5, 5.41) is 0. The molecule has 0 saturated carbocycles. The Balaban J connectivity index is 1.67. The van der Waals surface area contributed by atoms with E-state index in [-0.39, 0.29) is 24.5 Å². The number of carbonyl (C=O) groups excluding carboxylic acids is 2. The molecule has 0 aromatic heterocycles. The number of halogens is 4. The summed E-state index contributed by atoms with van der Waals surface area (Å²) in [6.45, 7) is -0.298. The molecule has 4 nitrogen and oxygen atoms in total. The summed E-state index contributed by atoms with van der Waals surface area (Å²) in [7, 11) is 0. The SMILES string of the molecule is O=C(N1CCSCc2ccccc21)C(F)(F)C(F)(F)C(=O)N1CCSCc2ccccc21. The number of anilines is 2. The molecule has 0 N–H and O–H groups in total. The Labute approximate surface area is 191 Å². The van der Waals surface area contributed by atoms with E-state index in [1.807, 2.05) is 0 Å². The molecule has 2 heterocycles. The molecule has 10 heteroatoms. The molecule has 0 aliphatic carbocycles. The minimum Gasteiger partial charge on any atom is -0.306 e.